The minimum absolute atomic E-state index is 0.0555. The van der Waals surface area contributed by atoms with E-state index in [4.69, 9.17) is 0 Å². The highest BCUT2D eigenvalue weighted by Crippen LogP contribution is 2.32. The van der Waals surface area contributed by atoms with Gasteiger partial charge >= 0.3 is 0 Å². The van der Waals surface area contributed by atoms with Crippen LogP contribution in [0.2, 0.25) is 0 Å². The van der Waals surface area contributed by atoms with E-state index in [1.165, 1.54) is 0 Å². The number of rotatable bonds is 2. The van der Waals surface area contributed by atoms with Crippen molar-refractivity contribution in [1.29, 1.82) is 0 Å². The monoisotopic (exact) mass is 342 g/mol. The minimum Gasteiger partial charge on any atom is -0.356 e. The lowest BCUT2D eigenvalue weighted by Gasteiger charge is -2.34. The molecule has 1 aromatic rings. The van der Waals surface area contributed by atoms with Crippen molar-refractivity contribution < 1.29 is 9.59 Å². The van der Waals surface area contributed by atoms with Crippen molar-refractivity contribution in [3.8, 4) is 0 Å². The Morgan fingerprint density at radius 1 is 0.960 bits per heavy atom. The van der Waals surface area contributed by atoms with E-state index in [2.05, 4.69) is 5.32 Å². The third-order valence-corrected chi connectivity index (χ3v) is 5.57. The molecule has 4 heteroatoms. The summed E-state index contributed by atoms with van der Waals surface area (Å²) in [4.78, 5) is 27.7. The van der Waals surface area contributed by atoms with E-state index in [0.717, 1.165) is 70.0 Å². The molecule has 0 aromatic heterocycles. The fourth-order valence-corrected chi connectivity index (χ4v) is 4.15. The average Bonchev–Trinajstić information content (AvgIpc) is 3.16. The Morgan fingerprint density at radius 2 is 1.68 bits per heavy atom. The van der Waals surface area contributed by atoms with Crippen molar-refractivity contribution in [3.63, 3.8) is 0 Å². The Morgan fingerprint density at radius 3 is 2.44 bits per heavy atom. The van der Waals surface area contributed by atoms with Gasteiger partial charge in [0.15, 0.2) is 0 Å². The molecule has 1 saturated carbocycles. The SMILES string of the molecule is O=C1CC(c2ccccc2)N(C(=O)C2CCCC2)CCCCCCN1. The molecule has 1 aliphatic heterocycles. The molecule has 2 aliphatic rings. The molecule has 25 heavy (non-hydrogen) atoms. The molecular weight excluding hydrogens is 312 g/mol. The molecule has 0 spiro atoms. The van der Waals surface area contributed by atoms with E-state index in [9.17, 15) is 9.59 Å². The largest absolute Gasteiger partial charge is 0.356 e. The lowest BCUT2D eigenvalue weighted by atomic mass is 9.97. The summed E-state index contributed by atoms with van der Waals surface area (Å²) in [6, 6.07) is 9.93. The third-order valence-electron chi connectivity index (χ3n) is 5.57. The van der Waals surface area contributed by atoms with Crippen LogP contribution >= 0.6 is 0 Å². The fourth-order valence-electron chi connectivity index (χ4n) is 4.15. The van der Waals surface area contributed by atoms with Gasteiger partial charge in [-0.15, -0.1) is 0 Å². The second kappa shape index (κ2) is 9.02. The van der Waals surface area contributed by atoms with Crippen LogP contribution in [-0.2, 0) is 9.59 Å². The standard InChI is InChI=1S/C21H30N2O2/c24-20-16-19(17-10-4-3-5-11-17)23(15-9-2-1-8-14-22-20)21(25)18-12-6-7-13-18/h3-5,10-11,18-19H,1-2,6-9,12-16H2,(H,22,24). The summed E-state index contributed by atoms with van der Waals surface area (Å²) in [5, 5.41) is 3.03. The van der Waals surface area contributed by atoms with Gasteiger partial charge in [0, 0.05) is 19.0 Å². The highest BCUT2D eigenvalue weighted by atomic mass is 16.2. The summed E-state index contributed by atoms with van der Waals surface area (Å²) >= 11 is 0. The van der Waals surface area contributed by atoms with Crippen LogP contribution in [0, 0.1) is 5.92 Å². The van der Waals surface area contributed by atoms with Gasteiger partial charge in [0.25, 0.3) is 0 Å². The quantitative estimate of drug-likeness (QED) is 0.888. The van der Waals surface area contributed by atoms with Gasteiger partial charge in [0.1, 0.15) is 0 Å². The van der Waals surface area contributed by atoms with Gasteiger partial charge in [-0.25, -0.2) is 0 Å². The van der Waals surface area contributed by atoms with Gasteiger partial charge in [-0.3, -0.25) is 9.59 Å². The van der Waals surface area contributed by atoms with Crippen molar-refractivity contribution >= 4 is 11.8 Å². The zero-order valence-electron chi connectivity index (χ0n) is 15.1. The normalized spacial score (nSPS) is 23.8. The van der Waals surface area contributed by atoms with Gasteiger partial charge in [0.05, 0.1) is 12.5 Å². The molecule has 1 aliphatic carbocycles. The van der Waals surface area contributed by atoms with Crippen LogP contribution in [0.5, 0.6) is 0 Å². The van der Waals surface area contributed by atoms with Gasteiger partial charge < -0.3 is 10.2 Å². The molecule has 1 unspecified atom stereocenters. The number of nitrogens with one attached hydrogen (secondary N) is 1. The Hall–Kier alpha value is -1.84. The molecule has 1 atom stereocenters. The first-order chi connectivity index (χ1) is 12.3. The summed E-state index contributed by atoms with van der Waals surface area (Å²) in [6.45, 7) is 1.51. The Kier molecular flexibility index (Phi) is 6.48. The van der Waals surface area contributed by atoms with E-state index >= 15 is 0 Å². The maximum atomic E-state index is 13.2. The second-order valence-corrected chi connectivity index (χ2v) is 7.41. The predicted octanol–water partition coefficient (Wildman–Crippen LogP) is 3.83. The number of hydrogen-bond acceptors (Lipinski definition) is 2. The van der Waals surface area contributed by atoms with E-state index < -0.39 is 0 Å². The zero-order chi connectivity index (χ0) is 17.5. The number of carbonyl (C=O) groups is 2. The Bertz CT molecular complexity index is 567. The molecule has 0 radical (unpaired) electrons. The lowest BCUT2D eigenvalue weighted by Crippen LogP contribution is -2.41. The van der Waals surface area contributed by atoms with Crippen LogP contribution in [0.3, 0.4) is 0 Å². The Balaban J connectivity index is 1.87. The molecular formula is C21H30N2O2. The predicted molar refractivity (Wildman–Crippen MR) is 98.9 cm³/mol. The van der Waals surface area contributed by atoms with E-state index in [-0.39, 0.29) is 23.8 Å². The maximum absolute atomic E-state index is 13.2. The topological polar surface area (TPSA) is 49.4 Å². The van der Waals surface area contributed by atoms with Crippen LogP contribution in [0.4, 0.5) is 0 Å². The number of carbonyl (C=O) groups excluding carboxylic acids is 2. The van der Waals surface area contributed by atoms with Crippen molar-refractivity contribution in [2.24, 2.45) is 5.92 Å². The van der Waals surface area contributed by atoms with E-state index in [0.29, 0.717) is 6.42 Å². The number of amides is 2. The van der Waals surface area contributed by atoms with Crippen molar-refractivity contribution in [1.82, 2.24) is 10.2 Å². The van der Waals surface area contributed by atoms with Gasteiger partial charge in [-0.1, -0.05) is 56.0 Å². The average molecular weight is 342 g/mol. The molecule has 1 saturated heterocycles. The lowest BCUT2D eigenvalue weighted by molar-refractivity contribution is -0.139. The summed E-state index contributed by atoms with van der Waals surface area (Å²) < 4.78 is 0. The highest BCUT2D eigenvalue weighted by Gasteiger charge is 2.33. The first-order valence-electron chi connectivity index (χ1n) is 9.88. The van der Waals surface area contributed by atoms with Crippen molar-refractivity contribution in [2.75, 3.05) is 13.1 Å². The number of nitrogens with zero attached hydrogens (tertiary/aromatic N) is 1. The molecule has 2 fully saturated rings. The van der Waals surface area contributed by atoms with Crippen LogP contribution in [0.15, 0.2) is 30.3 Å². The molecule has 4 nitrogen and oxygen atoms in total. The summed E-state index contributed by atoms with van der Waals surface area (Å²) in [7, 11) is 0. The first-order valence-corrected chi connectivity index (χ1v) is 9.88. The molecule has 0 bridgehead atoms. The van der Waals surface area contributed by atoms with Crippen LogP contribution in [-0.4, -0.2) is 29.8 Å². The third kappa shape index (κ3) is 4.83. The van der Waals surface area contributed by atoms with Crippen molar-refractivity contribution in [2.45, 2.75) is 63.8 Å². The molecule has 1 aromatic carbocycles. The summed E-state index contributed by atoms with van der Waals surface area (Å²) in [5.74, 6) is 0.470. The second-order valence-electron chi connectivity index (χ2n) is 7.41. The smallest absolute Gasteiger partial charge is 0.226 e. The van der Waals surface area contributed by atoms with Gasteiger partial charge in [-0.05, 0) is 31.2 Å². The first kappa shape index (κ1) is 18.0. The van der Waals surface area contributed by atoms with Crippen LogP contribution in [0.25, 0.3) is 0 Å². The molecule has 1 N–H and O–H groups in total. The summed E-state index contributed by atoms with van der Waals surface area (Å²) in [5.41, 5.74) is 1.07. The van der Waals surface area contributed by atoms with Crippen LogP contribution in [0.1, 0.15) is 69.4 Å². The minimum atomic E-state index is -0.146. The fraction of sp³-hybridized carbons (Fsp3) is 0.619. The van der Waals surface area contributed by atoms with Crippen molar-refractivity contribution in [3.05, 3.63) is 35.9 Å². The number of hydrogen-bond donors (Lipinski definition) is 1. The summed E-state index contributed by atoms with van der Waals surface area (Å²) in [6.07, 6.45) is 8.96. The molecule has 136 valence electrons. The molecule has 2 amide bonds. The number of benzene rings is 1. The van der Waals surface area contributed by atoms with Gasteiger partial charge in [-0.2, -0.15) is 0 Å². The van der Waals surface area contributed by atoms with Gasteiger partial charge in [0.2, 0.25) is 11.8 Å². The molecule has 1 heterocycles. The zero-order valence-corrected chi connectivity index (χ0v) is 15.1. The van der Waals surface area contributed by atoms with E-state index in [1.54, 1.807) is 0 Å². The Labute approximate surface area is 151 Å². The highest BCUT2D eigenvalue weighted by molar-refractivity contribution is 5.82. The van der Waals surface area contributed by atoms with E-state index in [1.807, 2.05) is 35.2 Å². The van der Waals surface area contributed by atoms with Crippen LogP contribution < -0.4 is 5.32 Å². The maximum Gasteiger partial charge on any atom is 0.226 e. The molecule has 3 rings (SSSR count).